The molecule has 1 unspecified atom stereocenters. The smallest absolute Gasteiger partial charge is 0.148 e. The summed E-state index contributed by atoms with van der Waals surface area (Å²) in [6.45, 7) is 3.15. The van der Waals surface area contributed by atoms with Gasteiger partial charge in [0.1, 0.15) is 11.7 Å². The van der Waals surface area contributed by atoms with E-state index in [-0.39, 0.29) is 5.84 Å². The van der Waals surface area contributed by atoms with Gasteiger partial charge in [-0.05, 0) is 25.3 Å². The SMILES string of the molecule is CCC1CCCN1c1nccc(C(=N)N)c1Cl. The zero-order valence-electron chi connectivity index (χ0n) is 9.91. The molecule has 1 aliphatic rings. The van der Waals surface area contributed by atoms with Gasteiger partial charge in [-0.1, -0.05) is 18.5 Å². The van der Waals surface area contributed by atoms with Crippen LogP contribution in [0, 0.1) is 5.41 Å². The standard InChI is InChI=1S/C12H17ClN4/c1-2-8-4-3-7-17(8)12-10(13)9(11(14)15)5-6-16-12/h5-6,8H,2-4,7H2,1H3,(H3,14,15). The lowest BCUT2D eigenvalue weighted by molar-refractivity contribution is 0.640. The third-order valence-electron chi connectivity index (χ3n) is 3.28. The Morgan fingerprint density at radius 3 is 3.12 bits per heavy atom. The van der Waals surface area contributed by atoms with Crippen molar-refractivity contribution in [1.82, 2.24) is 4.98 Å². The van der Waals surface area contributed by atoms with E-state index in [1.54, 1.807) is 12.3 Å². The first-order valence-electron chi connectivity index (χ1n) is 5.90. The molecule has 0 aromatic carbocycles. The minimum atomic E-state index is -0.00843. The van der Waals surface area contributed by atoms with E-state index in [2.05, 4.69) is 16.8 Å². The number of rotatable bonds is 3. The van der Waals surface area contributed by atoms with Crippen LogP contribution in [0.15, 0.2) is 12.3 Å². The molecule has 0 radical (unpaired) electrons. The summed E-state index contributed by atoms with van der Waals surface area (Å²) in [5.74, 6) is 0.759. The quantitative estimate of drug-likeness (QED) is 0.641. The Morgan fingerprint density at radius 1 is 1.71 bits per heavy atom. The number of aromatic nitrogens is 1. The summed E-state index contributed by atoms with van der Waals surface area (Å²) >= 11 is 6.28. The van der Waals surface area contributed by atoms with Crippen molar-refractivity contribution < 1.29 is 0 Å². The molecule has 0 amide bonds. The fourth-order valence-corrected chi connectivity index (χ4v) is 2.70. The van der Waals surface area contributed by atoms with Crippen LogP contribution >= 0.6 is 11.6 Å². The zero-order chi connectivity index (χ0) is 12.4. The highest BCUT2D eigenvalue weighted by Gasteiger charge is 2.26. The Kier molecular flexibility index (Phi) is 3.52. The maximum Gasteiger partial charge on any atom is 0.148 e. The van der Waals surface area contributed by atoms with Crippen LogP contribution in [0.3, 0.4) is 0 Å². The van der Waals surface area contributed by atoms with Crippen LogP contribution in [0.2, 0.25) is 5.02 Å². The summed E-state index contributed by atoms with van der Waals surface area (Å²) in [7, 11) is 0. The van der Waals surface area contributed by atoms with E-state index < -0.39 is 0 Å². The van der Waals surface area contributed by atoms with Crippen LogP contribution in [-0.2, 0) is 0 Å². The highest BCUT2D eigenvalue weighted by atomic mass is 35.5. The number of amidine groups is 1. The molecule has 1 atom stereocenters. The molecule has 0 bridgehead atoms. The van der Waals surface area contributed by atoms with Gasteiger partial charge in [0, 0.05) is 24.3 Å². The number of hydrogen-bond acceptors (Lipinski definition) is 3. The van der Waals surface area contributed by atoms with Crippen LogP contribution in [0.25, 0.3) is 0 Å². The van der Waals surface area contributed by atoms with E-state index in [9.17, 15) is 0 Å². The normalized spacial score (nSPS) is 19.6. The monoisotopic (exact) mass is 252 g/mol. The van der Waals surface area contributed by atoms with E-state index in [0.29, 0.717) is 16.6 Å². The zero-order valence-corrected chi connectivity index (χ0v) is 10.7. The molecule has 2 rings (SSSR count). The number of halogens is 1. The van der Waals surface area contributed by atoms with Gasteiger partial charge >= 0.3 is 0 Å². The Balaban J connectivity index is 2.38. The van der Waals surface area contributed by atoms with Gasteiger partial charge in [-0.2, -0.15) is 0 Å². The fourth-order valence-electron chi connectivity index (χ4n) is 2.38. The van der Waals surface area contributed by atoms with E-state index in [1.807, 2.05) is 0 Å². The van der Waals surface area contributed by atoms with Crippen LogP contribution in [0.4, 0.5) is 5.82 Å². The van der Waals surface area contributed by atoms with Crippen molar-refractivity contribution in [3.63, 3.8) is 0 Å². The molecule has 1 aliphatic heterocycles. The first kappa shape index (κ1) is 12.2. The van der Waals surface area contributed by atoms with E-state index in [0.717, 1.165) is 18.8 Å². The molecule has 1 fully saturated rings. The molecule has 0 saturated carbocycles. The van der Waals surface area contributed by atoms with Gasteiger partial charge in [-0.25, -0.2) is 4.98 Å². The molecule has 92 valence electrons. The van der Waals surface area contributed by atoms with Crippen molar-refractivity contribution >= 4 is 23.3 Å². The minimum absolute atomic E-state index is 0.00843. The summed E-state index contributed by atoms with van der Waals surface area (Å²) < 4.78 is 0. The van der Waals surface area contributed by atoms with E-state index >= 15 is 0 Å². The van der Waals surface area contributed by atoms with Crippen LogP contribution in [0.5, 0.6) is 0 Å². The third-order valence-corrected chi connectivity index (χ3v) is 3.65. The summed E-state index contributed by atoms with van der Waals surface area (Å²) in [4.78, 5) is 6.57. The molecule has 2 heterocycles. The highest BCUT2D eigenvalue weighted by Crippen LogP contribution is 2.32. The van der Waals surface area contributed by atoms with Crippen molar-refractivity contribution in [3.05, 3.63) is 22.8 Å². The van der Waals surface area contributed by atoms with Crippen LogP contribution in [0.1, 0.15) is 31.7 Å². The first-order valence-corrected chi connectivity index (χ1v) is 6.28. The number of pyridine rings is 1. The number of anilines is 1. The first-order chi connectivity index (χ1) is 8.15. The lowest BCUT2D eigenvalue weighted by Crippen LogP contribution is -2.30. The average molecular weight is 253 g/mol. The Bertz CT molecular complexity index is 433. The molecule has 1 aromatic rings. The van der Waals surface area contributed by atoms with Crippen molar-refractivity contribution in [3.8, 4) is 0 Å². The second kappa shape index (κ2) is 4.92. The molecule has 5 heteroatoms. The number of nitrogens with one attached hydrogen (secondary N) is 1. The Labute approximate surface area is 106 Å². The van der Waals surface area contributed by atoms with Gasteiger partial charge in [0.05, 0.1) is 5.02 Å². The van der Waals surface area contributed by atoms with Gasteiger partial charge in [0.2, 0.25) is 0 Å². The second-order valence-corrected chi connectivity index (χ2v) is 4.69. The van der Waals surface area contributed by atoms with Gasteiger partial charge in [-0.15, -0.1) is 0 Å². The second-order valence-electron chi connectivity index (χ2n) is 4.31. The number of hydrogen-bond donors (Lipinski definition) is 2. The van der Waals surface area contributed by atoms with Gasteiger partial charge in [0.25, 0.3) is 0 Å². The Morgan fingerprint density at radius 2 is 2.47 bits per heavy atom. The number of nitrogen functional groups attached to an aromatic ring is 1. The maximum atomic E-state index is 7.49. The molecule has 3 N–H and O–H groups in total. The Hall–Kier alpha value is -1.29. The van der Waals surface area contributed by atoms with Crippen LogP contribution in [-0.4, -0.2) is 23.4 Å². The predicted octanol–water partition coefficient (Wildman–Crippen LogP) is 2.40. The summed E-state index contributed by atoms with van der Waals surface area (Å²) in [6, 6.07) is 2.19. The highest BCUT2D eigenvalue weighted by molar-refractivity contribution is 6.36. The van der Waals surface area contributed by atoms with Gasteiger partial charge in [0.15, 0.2) is 0 Å². The van der Waals surface area contributed by atoms with Gasteiger partial charge in [-0.3, -0.25) is 5.41 Å². The molecular weight excluding hydrogens is 236 g/mol. The maximum absolute atomic E-state index is 7.49. The van der Waals surface area contributed by atoms with Crippen LogP contribution < -0.4 is 10.6 Å². The molecule has 17 heavy (non-hydrogen) atoms. The molecule has 0 aliphatic carbocycles. The summed E-state index contributed by atoms with van der Waals surface area (Å²) in [5.41, 5.74) is 6.07. The average Bonchev–Trinajstić information content (AvgIpc) is 2.76. The summed E-state index contributed by atoms with van der Waals surface area (Å²) in [5, 5.41) is 7.99. The molecular formula is C12H17ClN4. The van der Waals surface area contributed by atoms with Crippen molar-refractivity contribution in [2.45, 2.75) is 32.2 Å². The van der Waals surface area contributed by atoms with E-state index in [4.69, 9.17) is 22.7 Å². The van der Waals surface area contributed by atoms with Crippen molar-refractivity contribution in [2.75, 3.05) is 11.4 Å². The minimum Gasteiger partial charge on any atom is -0.384 e. The van der Waals surface area contributed by atoms with Crippen molar-refractivity contribution in [1.29, 1.82) is 5.41 Å². The fraction of sp³-hybridized carbons (Fsp3) is 0.500. The largest absolute Gasteiger partial charge is 0.384 e. The third kappa shape index (κ3) is 2.22. The number of nitrogens with zero attached hydrogens (tertiary/aromatic N) is 2. The van der Waals surface area contributed by atoms with E-state index in [1.165, 1.54) is 12.8 Å². The number of nitrogens with two attached hydrogens (primary N) is 1. The molecule has 1 saturated heterocycles. The molecule has 1 aromatic heterocycles. The molecule has 4 nitrogen and oxygen atoms in total. The topological polar surface area (TPSA) is 66.0 Å². The molecule has 0 spiro atoms. The summed E-state index contributed by atoms with van der Waals surface area (Å²) in [6.07, 6.45) is 5.10. The lowest BCUT2D eigenvalue weighted by Gasteiger charge is -2.26. The van der Waals surface area contributed by atoms with Crippen molar-refractivity contribution in [2.24, 2.45) is 5.73 Å². The van der Waals surface area contributed by atoms with Gasteiger partial charge < -0.3 is 10.6 Å². The predicted molar refractivity (Wildman–Crippen MR) is 70.9 cm³/mol. The lowest BCUT2D eigenvalue weighted by atomic mass is 10.1.